The van der Waals surface area contributed by atoms with Gasteiger partial charge in [0.2, 0.25) is 0 Å². The van der Waals surface area contributed by atoms with Crippen molar-refractivity contribution in [2.75, 3.05) is 0 Å². The Hall–Kier alpha value is -4.08. The van der Waals surface area contributed by atoms with Crippen LogP contribution in [0.2, 0.25) is 0 Å². The van der Waals surface area contributed by atoms with E-state index in [0.717, 1.165) is 72.9 Å². The van der Waals surface area contributed by atoms with Gasteiger partial charge in [-0.15, -0.1) is 0 Å². The Morgan fingerprint density at radius 2 is 0.857 bits per heavy atom. The Bertz CT molecular complexity index is 1800. The van der Waals surface area contributed by atoms with E-state index in [2.05, 4.69) is 23.3 Å². The number of hydrogen-bond acceptors (Lipinski definition) is 2. The van der Waals surface area contributed by atoms with Gasteiger partial charge in [0.15, 0.2) is 23.3 Å². The molecule has 2 aliphatic carbocycles. The largest absolute Gasteiger partial charge is 0.429 e. The zero-order valence-electron chi connectivity index (χ0n) is 32.1. The summed E-state index contributed by atoms with van der Waals surface area (Å²) >= 11 is 0. The predicted octanol–water partition coefficient (Wildman–Crippen LogP) is 15.1. The molecular formula is C46H52F8O2. The lowest BCUT2D eigenvalue weighted by Gasteiger charge is -2.29. The average molecular weight is 789 g/mol. The van der Waals surface area contributed by atoms with Crippen LogP contribution in [0.25, 0.3) is 0 Å². The monoisotopic (exact) mass is 788 g/mol. The molecule has 6 rings (SSSR count). The van der Waals surface area contributed by atoms with Crippen molar-refractivity contribution in [2.45, 2.75) is 128 Å². The Morgan fingerprint density at radius 1 is 0.464 bits per heavy atom. The zero-order chi connectivity index (χ0) is 40.3. The van der Waals surface area contributed by atoms with Gasteiger partial charge in [0.1, 0.15) is 11.5 Å². The van der Waals surface area contributed by atoms with Crippen LogP contribution < -0.4 is 9.47 Å². The summed E-state index contributed by atoms with van der Waals surface area (Å²) in [7, 11) is 0. The molecule has 304 valence electrons. The predicted molar refractivity (Wildman–Crippen MR) is 203 cm³/mol. The van der Waals surface area contributed by atoms with Crippen LogP contribution >= 0.6 is 0 Å². The minimum atomic E-state index is -3.63. The molecule has 0 atom stereocenters. The second-order valence-electron chi connectivity index (χ2n) is 15.4. The van der Waals surface area contributed by atoms with Crippen molar-refractivity contribution in [1.82, 2.24) is 0 Å². The molecule has 10 heteroatoms. The highest BCUT2D eigenvalue weighted by Gasteiger charge is 2.36. The minimum Gasteiger partial charge on any atom is -0.429 e. The molecule has 56 heavy (non-hydrogen) atoms. The van der Waals surface area contributed by atoms with Gasteiger partial charge in [0.25, 0.3) is 0 Å². The third-order valence-electron chi connectivity index (χ3n) is 11.3. The van der Waals surface area contributed by atoms with Crippen molar-refractivity contribution in [3.8, 4) is 11.5 Å². The Labute approximate surface area is 325 Å². The lowest BCUT2D eigenvalue weighted by molar-refractivity contribution is -0.186. The quantitative estimate of drug-likeness (QED) is 0.0936. The van der Waals surface area contributed by atoms with Crippen LogP contribution in [0.1, 0.15) is 138 Å². The maximum absolute atomic E-state index is 14.4. The van der Waals surface area contributed by atoms with Crippen molar-refractivity contribution in [3.63, 3.8) is 0 Å². The van der Waals surface area contributed by atoms with E-state index >= 15 is 0 Å². The summed E-state index contributed by atoms with van der Waals surface area (Å²) in [4.78, 5) is 0. The molecule has 0 heterocycles. The molecule has 2 fully saturated rings. The highest BCUT2D eigenvalue weighted by atomic mass is 19.3. The fourth-order valence-electron chi connectivity index (χ4n) is 8.05. The molecule has 0 aromatic heterocycles. The van der Waals surface area contributed by atoms with Gasteiger partial charge >= 0.3 is 12.2 Å². The van der Waals surface area contributed by atoms with Crippen LogP contribution in [-0.4, -0.2) is 0 Å². The van der Waals surface area contributed by atoms with Gasteiger partial charge in [-0.3, -0.25) is 0 Å². The number of rotatable bonds is 14. The number of halogens is 8. The Morgan fingerprint density at radius 3 is 1.21 bits per heavy atom. The van der Waals surface area contributed by atoms with Crippen molar-refractivity contribution in [1.29, 1.82) is 0 Å². The number of ether oxygens (including phenoxy) is 2. The SMILES string of the molecule is CCCC1CCC(c2ccc(C(F)(F)Oc3ccc(F)c(F)c3)cc2)CC1.CCCCCC1CCC(c2ccc(C(F)(F)Oc3ccc(F)c(F)c3)cc2)CC1. The van der Waals surface area contributed by atoms with Gasteiger partial charge in [0.05, 0.1) is 11.1 Å². The molecule has 0 N–H and O–H groups in total. The number of benzene rings is 4. The highest BCUT2D eigenvalue weighted by Crippen LogP contribution is 2.41. The second-order valence-corrected chi connectivity index (χ2v) is 15.4. The van der Waals surface area contributed by atoms with Crippen LogP contribution in [0.4, 0.5) is 35.1 Å². The van der Waals surface area contributed by atoms with E-state index in [9.17, 15) is 35.1 Å². The second kappa shape index (κ2) is 19.9. The van der Waals surface area contributed by atoms with E-state index in [1.807, 2.05) is 0 Å². The molecule has 0 aliphatic heterocycles. The third-order valence-corrected chi connectivity index (χ3v) is 11.3. The van der Waals surface area contributed by atoms with E-state index in [1.165, 1.54) is 88.5 Å². The standard InChI is InChI=1S/C24H28F4O.C22H24F4O/c1-2-3-4-5-17-6-8-18(9-7-17)19-10-12-20(13-11-19)24(27,28)29-21-14-15-22(25)23(26)16-21;1-2-3-15-4-6-16(7-5-15)17-8-10-18(11-9-17)22(25,26)27-19-12-13-20(23)21(24)14-19/h10-18H,2-9H2,1H3;8-16H,2-7H2,1H3. The minimum absolute atomic E-state index is 0.306. The summed E-state index contributed by atoms with van der Waals surface area (Å²) in [5, 5.41) is 0. The average Bonchev–Trinajstić information content (AvgIpc) is 3.19. The van der Waals surface area contributed by atoms with Crippen molar-refractivity contribution in [3.05, 3.63) is 130 Å². The molecule has 2 aliphatic rings. The smallest absolute Gasteiger partial charge is 0.426 e. The summed E-state index contributed by atoms with van der Waals surface area (Å²) in [5.74, 6) is -3.09. The number of hydrogen-bond donors (Lipinski definition) is 0. The number of unbranched alkanes of at least 4 members (excludes halogenated alkanes) is 2. The molecule has 2 saturated carbocycles. The fraction of sp³-hybridized carbons (Fsp3) is 0.478. The van der Waals surface area contributed by atoms with Gasteiger partial charge in [0, 0.05) is 12.1 Å². The van der Waals surface area contributed by atoms with E-state index in [4.69, 9.17) is 0 Å². The van der Waals surface area contributed by atoms with E-state index in [1.54, 1.807) is 24.3 Å². The molecular weight excluding hydrogens is 736 g/mol. The summed E-state index contributed by atoms with van der Waals surface area (Å²) in [6.07, 6.45) is 9.50. The van der Waals surface area contributed by atoms with Crippen LogP contribution in [-0.2, 0) is 12.2 Å². The van der Waals surface area contributed by atoms with Gasteiger partial charge in [-0.05, 0) is 135 Å². The van der Waals surface area contributed by atoms with Gasteiger partial charge < -0.3 is 9.47 Å². The Balaban J connectivity index is 0.000000215. The maximum Gasteiger partial charge on any atom is 0.426 e. The highest BCUT2D eigenvalue weighted by molar-refractivity contribution is 5.31. The van der Waals surface area contributed by atoms with Crippen LogP contribution in [0.5, 0.6) is 11.5 Å². The van der Waals surface area contributed by atoms with E-state index in [-0.39, 0.29) is 11.1 Å². The first-order valence-electron chi connectivity index (χ1n) is 20.0. The van der Waals surface area contributed by atoms with E-state index < -0.39 is 47.0 Å². The van der Waals surface area contributed by atoms with Crippen molar-refractivity contribution >= 4 is 0 Å². The lowest BCUT2D eigenvalue weighted by atomic mass is 9.77. The molecule has 4 aromatic rings. The van der Waals surface area contributed by atoms with E-state index in [0.29, 0.717) is 24.0 Å². The van der Waals surface area contributed by atoms with Gasteiger partial charge in [-0.2, -0.15) is 17.6 Å². The third kappa shape index (κ3) is 12.0. The summed E-state index contributed by atoms with van der Waals surface area (Å²) in [6, 6.07) is 17.1. The topological polar surface area (TPSA) is 18.5 Å². The van der Waals surface area contributed by atoms with Crippen molar-refractivity contribution in [2.24, 2.45) is 11.8 Å². The van der Waals surface area contributed by atoms with Crippen LogP contribution in [0.3, 0.4) is 0 Å². The zero-order valence-corrected chi connectivity index (χ0v) is 32.1. The fourth-order valence-corrected chi connectivity index (χ4v) is 8.05. The Kier molecular flexibility index (Phi) is 15.3. The first kappa shape index (κ1) is 43.1. The van der Waals surface area contributed by atoms with Crippen LogP contribution in [0, 0.1) is 35.1 Å². The number of alkyl halides is 4. The van der Waals surface area contributed by atoms with Gasteiger partial charge in [-0.25, -0.2) is 17.6 Å². The molecule has 2 nitrogen and oxygen atoms in total. The van der Waals surface area contributed by atoms with Crippen molar-refractivity contribution < 1.29 is 44.6 Å². The van der Waals surface area contributed by atoms with Gasteiger partial charge in [-0.1, -0.05) is 76.6 Å². The van der Waals surface area contributed by atoms with Crippen LogP contribution in [0.15, 0.2) is 84.9 Å². The molecule has 0 radical (unpaired) electrons. The molecule has 0 spiro atoms. The summed E-state index contributed by atoms with van der Waals surface area (Å²) in [5.41, 5.74) is 1.52. The molecule has 0 bridgehead atoms. The summed E-state index contributed by atoms with van der Waals surface area (Å²) in [6.45, 7) is 4.42. The molecule has 0 saturated heterocycles. The molecule has 0 amide bonds. The summed E-state index contributed by atoms with van der Waals surface area (Å²) < 4.78 is 119. The molecule has 0 unspecified atom stereocenters. The first-order valence-corrected chi connectivity index (χ1v) is 20.0. The molecule has 4 aromatic carbocycles. The lowest BCUT2D eigenvalue weighted by Crippen LogP contribution is -2.22. The maximum atomic E-state index is 14.4. The first-order chi connectivity index (χ1) is 26.8. The normalized spacial score (nSPS) is 20.2.